The van der Waals surface area contributed by atoms with Gasteiger partial charge in [-0.1, -0.05) is 39.5 Å². The minimum absolute atomic E-state index is 0.305. The number of hydrogen-bond donors (Lipinski definition) is 0. The van der Waals surface area contributed by atoms with Gasteiger partial charge in [-0.3, -0.25) is 0 Å². The molecule has 0 radical (unpaired) electrons. The minimum atomic E-state index is -0.479. The summed E-state index contributed by atoms with van der Waals surface area (Å²) in [5.74, 6) is 2.75. The van der Waals surface area contributed by atoms with E-state index in [2.05, 4.69) is 13.8 Å². The summed E-state index contributed by atoms with van der Waals surface area (Å²) in [4.78, 5) is 11.7. The second-order valence-electron chi connectivity index (χ2n) is 8.06. The van der Waals surface area contributed by atoms with Gasteiger partial charge in [-0.15, -0.1) is 0 Å². The first-order valence-corrected chi connectivity index (χ1v) is 9.92. The maximum atomic E-state index is 11.7. The summed E-state index contributed by atoms with van der Waals surface area (Å²) >= 11 is 0. The molecule has 2 aliphatic carbocycles. The van der Waals surface area contributed by atoms with E-state index in [1.54, 1.807) is 0 Å². The quantitative estimate of drug-likeness (QED) is 0.553. The fourth-order valence-corrected chi connectivity index (χ4v) is 4.60. The average molecular weight is 325 g/mol. The van der Waals surface area contributed by atoms with Crippen LogP contribution in [0.15, 0.2) is 0 Å². The van der Waals surface area contributed by atoms with Gasteiger partial charge in [-0.05, 0) is 69.6 Å². The smallest absolute Gasteiger partial charge is 0.434 e. The molecule has 3 heteroatoms. The summed E-state index contributed by atoms with van der Waals surface area (Å²) in [5.41, 5.74) is -0.305. The molecule has 0 aliphatic heterocycles. The SMILES string of the molecule is CCCOC(=O)OC1(C)CCC(C2CCC(CCC)CC2)CC1. The van der Waals surface area contributed by atoms with Crippen LogP contribution < -0.4 is 0 Å². The molecule has 0 aromatic heterocycles. The first-order chi connectivity index (χ1) is 11.1. The Balaban J connectivity index is 1.72. The normalized spacial score (nSPS) is 34.8. The van der Waals surface area contributed by atoms with Gasteiger partial charge in [0.25, 0.3) is 0 Å². The Morgan fingerprint density at radius 1 is 0.957 bits per heavy atom. The molecule has 3 nitrogen and oxygen atoms in total. The zero-order chi connectivity index (χ0) is 16.7. The third-order valence-electron chi connectivity index (χ3n) is 6.10. The van der Waals surface area contributed by atoms with Crippen molar-refractivity contribution in [3.8, 4) is 0 Å². The lowest BCUT2D eigenvalue weighted by molar-refractivity contribution is -0.0564. The van der Waals surface area contributed by atoms with E-state index in [1.807, 2.05) is 6.92 Å². The van der Waals surface area contributed by atoms with Crippen molar-refractivity contribution in [3.63, 3.8) is 0 Å². The van der Waals surface area contributed by atoms with Crippen LogP contribution in [-0.2, 0) is 9.47 Å². The van der Waals surface area contributed by atoms with Crippen molar-refractivity contribution in [1.29, 1.82) is 0 Å². The fourth-order valence-electron chi connectivity index (χ4n) is 4.60. The Kier molecular flexibility index (Phi) is 7.23. The highest BCUT2D eigenvalue weighted by Crippen LogP contribution is 2.44. The monoisotopic (exact) mass is 324 g/mol. The molecule has 0 unspecified atom stereocenters. The van der Waals surface area contributed by atoms with E-state index < -0.39 is 6.16 Å². The Hall–Kier alpha value is -0.730. The third-order valence-corrected chi connectivity index (χ3v) is 6.10. The highest BCUT2D eigenvalue weighted by atomic mass is 16.7. The second kappa shape index (κ2) is 8.94. The Labute approximate surface area is 142 Å². The van der Waals surface area contributed by atoms with Crippen LogP contribution in [0.3, 0.4) is 0 Å². The summed E-state index contributed by atoms with van der Waals surface area (Å²) in [7, 11) is 0. The Bertz CT molecular complexity index is 350. The zero-order valence-electron chi connectivity index (χ0n) is 15.4. The fraction of sp³-hybridized carbons (Fsp3) is 0.950. The molecule has 0 amide bonds. The highest BCUT2D eigenvalue weighted by Gasteiger charge is 2.38. The van der Waals surface area contributed by atoms with Gasteiger partial charge < -0.3 is 9.47 Å². The van der Waals surface area contributed by atoms with Crippen LogP contribution in [0.2, 0.25) is 0 Å². The predicted molar refractivity (Wildman–Crippen MR) is 93.4 cm³/mol. The number of hydrogen-bond acceptors (Lipinski definition) is 3. The van der Waals surface area contributed by atoms with Crippen molar-refractivity contribution in [2.75, 3.05) is 6.61 Å². The summed E-state index contributed by atoms with van der Waals surface area (Å²) in [6.07, 6.45) is 13.2. The second-order valence-corrected chi connectivity index (χ2v) is 8.06. The van der Waals surface area contributed by atoms with E-state index in [1.165, 1.54) is 51.4 Å². The standard InChI is InChI=1S/C20H36O3/c1-4-6-16-7-9-17(10-8-16)18-11-13-20(3,14-12-18)23-19(21)22-15-5-2/h16-18H,4-15H2,1-3H3. The zero-order valence-corrected chi connectivity index (χ0v) is 15.4. The molecule has 2 aliphatic rings. The van der Waals surface area contributed by atoms with Gasteiger partial charge in [0.2, 0.25) is 0 Å². The van der Waals surface area contributed by atoms with Gasteiger partial charge in [0.1, 0.15) is 5.60 Å². The van der Waals surface area contributed by atoms with Crippen LogP contribution in [0.25, 0.3) is 0 Å². The van der Waals surface area contributed by atoms with Gasteiger partial charge in [0, 0.05) is 0 Å². The molecular formula is C20H36O3. The summed E-state index contributed by atoms with van der Waals surface area (Å²) in [6, 6.07) is 0. The summed E-state index contributed by atoms with van der Waals surface area (Å²) in [5, 5.41) is 0. The van der Waals surface area contributed by atoms with Crippen molar-refractivity contribution < 1.29 is 14.3 Å². The maximum Gasteiger partial charge on any atom is 0.508 e. The van der Waals surface area contributed by atoms with Gasteiger partial charge in [0.15, 0.2) is 0 Å². The van der Waals surface area contributed by atoms with Gasteiger partial charge in [-0.2, -0.15) is 0 Å². The third kappa shape index (κ3) is 5.69. The van der Waals surface area contributed by atoms with Crippen molar-refractivity contribution in [2.45, 2.75) is 97.0 Å². The highest BCUT2D eigenvalue weighted by molar-refractivity contribution is 5.60. The molecule has 0 atom stereocenters. The lowest BCUT2D eigenvalue weighted by Crippen LogP contribution is -2.38. The lowest BCUT2D eigenvalue weighted by Gasteiger charge is -2.41. The molecule has 0 aromatic rings. The Morgan fingerprint density at radius 3 is 2.13 bits per heavy atom. The summed E-state index contributed by atoms with van der Waals surface area (Å²) in [6.45, 7) is 6.84. The largest absolute Gasteiger partial charge is 0.508 e. The molecule has 134 valence electrons. The van der Waals surface area contributed by atoms with Crippen LogP contribution in [0.5, 0.6) is 0 Å². The van der Waals surface area contributed by atoms with E-state index in [0.29, 0.717) is 6.61 Å². The van der Waals surface area contributed by atoms with Gasteiger partial charge >= 0.3 is 6.16 Å². The summed E-state index contributed by atoms with van der Waals surface area (Å²) < 4.78 is 10.7. The maximum absolute atomic E-state index is 11.7. The van der Waals surface area contributed by atoms with E-state index >= 15 is 0 Å². The van der Waals surface area contributed by atoms with Crippen LogP contribution in [0.1, 0.15) is 91.4 Å². The van der Waals surface area contributed by atoms with Gasteiger partial charge in [-0.25, -0.2) is 4.79 Å². The molecule has 23 heavy (non-hydrogen) atoms. The van der Waals surface area contributed by atoms with E-state index in [9.17, 15) is 4.79 Å². The molecule has 0 spiro atoms. The van der Waals surface area contributed by atoms with Crippen molar-refractivity contribution in [2.24, 2.45) is 17.8 Å². The van der Waals surface area contributed by atoms with Crippen LogP contribution in [-0.4, -0.2) is 18.4 Å². The Morgan fingerprint density at radius 2 is 1.57 bits per heavy atom. The molecule has 2 saturated carbocycles. The molecule has 0 saturated heterocycles. The van der Waals surface area contributed by atoms with Crippen LogP contribution in [0.4, 0.5) is 4.79 Å². The van der Waals surface area contributed by atoms with Crippen LogP contribution >= 0.6 is 0 Å². The van der Waals surface area contributed by atoms with Crippen LogP contribution in [0, 0.1) is 17.8 Å². The van der Waals surface area contributed by atoms with E-state index in [4.69, 9.17) is 9.47 Å². The van der Waals surface area contributed by atoms with E-state index in [0.717, 1.165) is 37.0 Å². The topological polar surface area (TPSA) is 35.5 Å². The molecule has 0 aromatic carbocycles. The molecule has 0 bridgehead atoms. The van der Waals surface area contributed by atoms with Crippen molar-refractivity contribution in [1.82, 2.24) is 0 Å². The lowest BCUT2D eigenvalue weighted by atomic mass is 9.68. The van der Waals surface area contributed by atoms with E-state index in [-0.39, 0.29) is 5.60 Å². The number of rotatable bonds is 6. The van der Waals surface area contributed by atoms with Crippen molar-refractivity contribution >= 4 is 6.16 Å². The molecule has 0 N–H and O–H groups in total. The van der Waals surface area contributed by atoms with Crippen molar-refractivity contribution in [3.05, 3.63) is 0 Å². The molecule has 2 fully saturated rings. The first kappa shape index (κ1) is 18.6. The molecule has 2 rings (SSSR count). The number of ether oxygens (including phenoxy) is 2. The number of carbonyl (C=O) groups excluding carboxylic acids is 1. The molecular weight excluding hydrogens is 288 g/mol. The first-order valence-electron chi connectivity index (χ1n) is 9.92. The average Bonchev–Trinajstić information content (AvgIpc) is 2.54. The number of carbonyl (C=O) groups is 1. The van der Waals surface area contributed by atoms with Gasteiger partial charge in [0.05, 0.1) is 6.61 Å². The minimum Gasteiger partial charge on any atom is -0.434 e. The molecule has 0 heterocycles. The predicted octanol–water partition coefficient (Wildman–Crippen LogP) is 6.11.